The molecule has 0 spiro atoms. The maximum absolute atomic E-state index is 10.7. The second-order valence-electron chi connectivity index (χ2n) is 3.45. The summed E-state index contributed by atoms with van der Waals surface area (Å²) in [7, 11) is 1.62. The highest BCUT2D eigenvalue weighted by Crippen LogP contribution is 2.50. The van der Waals surface area contributed by atoms with Gasteiger partial charge >= 0.3 is 5.69 Å². The fourth-order valence-corrected chi connectivity index (χ4v) is 1.64. The van der Waals surface area contributed by atoms with E-state index in [1.54, 1.807) is 7.05 Å². The van der Waals surface area contributed by atoms with E-state index in [9.17, 15) is 10.1 Å². The molecule has 0 radical (unpaired) electrons. The maximum atomic E-state index is 10.7. The number of nitro groups is 1. The Morgan fingerprint density at radius 1 is 1.79 bits per heavy atom. The van der Waals surface area contributed by atoms with Gasteiger partial charge < -0.3 is 0 Å². The Morgan fingerprint density at radius 3 is 2.86 bits per heavy atom. The number of hydrogen-bond acceptors (Lipinski definition) is 4. The molecule has 1 aliphatic rings. The molecule has 1 aromatic heterocycles. The van der Waals surface area contributed by atoms with Crippen LogP contribution in [0.25, 0.3) is 0 Å². The number of nitriles is 1. The Kier molecular flexibility index (Phi) is 1.58. The molecule has 72 valence electrons. The Hall–Kier alpha value is -1.90. The zero-order valence-electron chi connectivity index (χ0n) is 7.60. The lowest BCUT2D eigenvalue weighted by Crippen LogP contribution is -2.12. The third-order valence-corrected chi connectivity index (χ3v) is 2.53. The van der Waals surface area contributed by atoms with Crippen molar-refractivity contribution in [2.24, 2.45) is 7.05 Å². The highest BCUT2D eigenvalue weighted by Gasteiger charge is 2.51. The van der Waals surface area contributed by atoms with Gasteiger partial charge in [-0.3, -0.25) is 14.8 Å². The summed E-state index contributed by atoms with van der Waals surface area (Å²) in [6, 6.07) is 2.13. The van der Waals surface area contributed by atoms with Crippen molar-refractivity contribution < 1.29 is 4.92 Å². The molecule has 14 heavy (non-hydrogen) atoms. The van der Waals surface area contributed by atoms with Crippen LogP contribution in [0, 0.1) is 21.4 Å². The molecule has 0 aromatic carbocycles. The van der Waals surface area contributed by atoms with Gasteiger partial charge in [-0.05, 0) is 12.8 Å². The topological polar surface area (TPSA) is 84.8 Å². The third-order valence-electron chi connectivity index (χ3n) is 2.53. The quantitative estimate of drug-likeness (QED) is 0.514. The van der Waals surface area contributed by atoms with Gasteiger partial charge in [0.25, 0.3) is 0 Å². The van der Waals surface area contributed by atoms with Gasteiger partial charge in [0.05, 0.1) is 11.0 Å². The minimum Gasteiger partial charge on any atom is -0.264 e. The maximum Gasteiger partial charge on any atom is 0.311 e. The van der Waals surface area contributed by atoms with Gasteiger partial charge in [-0.2, -0.15) is 10.4 Å². The van der Waals surface area contributed by atoms with Crippen molar-refractivity contribution in [3.05, 3.63) is 22.0 Å². The van der Waals surface area contributed by atoms with Crippen LogP contribution in [0.3, 0.4) is 0 Å². The summed E-state index contributed by atoms with van der Waals surface area (Å²) in [6.07, 6.45) is 2.57. The first-order valence-electron chi connectivity index (χ1n) is 4.19. The average Bonchev–Trinajstić information content (AvgIpc) is 2.84. The molecule has 0 bridgehead atoms. The van der Waals surface area contributed by atoms with Crippen molar-refractivity contribution in [2.75, 3.05) is 0 Å². The molecule has 1 fully saturated rings. The monoisotopic (exact) mass is 192 g/mol. The summed E-state index contributed by atoms with van der Waals surface area (Å²) < 4.78 is 1.42. The van der Waals surface area contributed by atoms with E-state index in [0.29, 0.717) is 18.5 Å². The molecule has 1 saturated carbocycles. The molecule has 0 unspecified atom stereocenters. The van der Waals surface area contributed by atoms with Crippen molar-refractivity contribution in [1.29, 1.82) is 5.26 Å². The van der Waals surface area contributed by atoms with Gasteiger partial charge in [0.1, 0.15) is 17.3 Å². The molecule has 0 amide bonds. The molecular weight excluding hydrogens is 184 g/mol. The zero-order valence-corrected chi connectivity index (χ0v) is 7.60. The van der Waals surface area contributed by atoms with Crippen molar-refractivity contribution in [3.8, 4) is 6.07 Å². The molecule has 0 saturated heterocycles. The van der Waals surface area contributed by atoms with Gasteiger partial charge in [-0.25, -0.2) is 0 Å². The number of aromatic nitrogens is 2. The van der Waals surface area contributed by atoms with E-state index in [0.717, 1.165) is 0 Å². The molecule has 1 aromatic rings. The fourth-order valence-electron chi connectivity index (χ4n) is 1.64. The Balaban J connectivity index is 2.57. The van der Waals surface area contributed by atoms with Crippen molar-refractivity contribution >= 4 is 5.69 Å². The lowest BCUT2D eigenvalue weighted by Gasteiger charge is -2.04. The van der Waals surface area contributed by atoms with Crippen LogP contribution in [-0.2, 0) is 12.5 Å². The number of nitrogens with zero attached hydrogens (tertiary/aromatic N) is 4. The first-order valence-corrected chi connectivity index (χ1v) is 4.19. The summed E-state index contributed by atoms with van der Waals surface area (Å²) in [5.41, 5.74) is -0.273. The van der Waals surface area contributed by atoms with Crippen molar-refractivity contribution in [3.63, 3.8) is 0 Å². The number of rotatable bonds is 2. The second-order valence-corrected chi connectivity index (χ2v) is 3.45. The standard InChI is InChI=1S/C8H8N4O2/c1-11-7(8(5-9)2-3-8)6(4-10-11)12(13)14/h4H,2-3H2,1H3. The largest absolute Gasteiger partial charge is 0.311 e. The minimum absolute atomic E-state index is 0.0495. The van der Waals surface area contributed by atoms with Crippen molar-refractivity contribution in [2.45, 2.75) is 18.3 Å². The van der Waals surface area contributed by atoms with Gasteiger partial charge in [0.15, 0.2) is 0 Å². The van der Waals surface area contributed by atoms with Crippen LogP contribution >= 0.6 is 0 Å². The van der Waals surface area contributed by atoms with Gasteiger partial charge in [-0.1, -0.05) is 0 Å². The van der Waals surface area contributed by atoms with Gasteiger partial charge in [0, 0.05) is 7.05 Å². The van der Waals surface area contributed by atoms with E-state index in [4.69, 9.17) is 5.26 Å². The molecule has 0 N–H and O–H groups in total. The van der Waals surface area contributed by atoms with Crippen molar-refractivity contribution in [1.82, 2.24) is 9.78 Å². The van der Waals surface area contributed by atoms with E-state index in [2.05, 4.69) is 11.2 Å². The summed E-state index contributed by atoms with van der Waals surface area (Å²) in [6.45, 7) is 0. The molecule has 6 heteroatoms. The van der Waals surface area contributed by atoms with Crippen LogP contribution in [0.4, 0.5) is 5.69 Å². The second kappa shape index (κ2) is 2.54. The molecular formula is C8H8N4O2. The molecule has 1 aliphatic carbocycles. The van der Waals surface area contributed by atoms with Gasteiger partial charge in [-0.15, -0.1) is 0 Å². The first kappa shape index (κ1) is 8.69. The normalized spacial score (nSPS) is 17.4. The van der Waals surface area contributed by atoms with E-state index < -0.39 is 10.3 Å². The average molecular weight is 192 g/mol. The summed E-state index contributed by atoms with van der Waals surface area (Å²) in [4.78, 5) is 10.2. The lowest BCUT2D eigenvalue weighted by molar-refractivity contribution is -0.385. The van der Waals surface area contributed by atoms with Crippen LogP contribution in [0.2, 0.25) is 0 Å². The van der Waals surface area contributed by atoms with E-state index in [1.807, 2.05) is 0 Å². The first-order chi connectivity index (χ1) is 6.60. The van der Waals surface area contributed by atoms with E-state index in [1.165, 1.54) is 10.9 Å². The minimum atomic E-state index is -0.659. The summed E-state index contributed by atoms with van der Waals surface area (Å²) >= 11 is 0. The van der Waals surface area contributed by atoms with Gasteiger partial charge in [0.2, 0.25) is 0 Å². The summed E-state index contributed by atoms with van der Waals surface area (Å²) in [5, 5.41) is 23.4. The molecule has 1 heterocycles. The predicted molar refractivity (Wildman–Crippen MR) is 46.4 cm³/mol. The van der Waals surface area contributed by atoms with Crippen LogP contribution < -0.4 is 0 Å². The smallest absolute Gasteiger partial charge is 0.264 e. The number of hydrogen-bond donors (Lipinski definition) is 0. The van der Waals surface area contributed by atoms with Crippen LogP contribution in [0.1, 0.15) is 18.5 Å². The molecule has 2 rings (SSSR count). The highest BCUT2D eigenvalue weighted by molar-refractivity contribution is 5.47. The van der Waals surface area contributed by atoms with E-state index >= 15 is 0 Å². The lowest BCUT2D eigenvalue weighted by atomic mass is 10.0. The van der Waals surface area contributed by atoms with Crippen LogP contribution in [0.5, 0.6) is 0 Å². The third kappa shape index (κ3) is 0.988. The highest BCUT2D eigenvalue weighted by atomic mass is 16.6. The number of aryl methyl sites for hydroxylation is 1. The zero-order chi connectivity index (χ0) is 10.3. The van der Waals surface area contributed by atoms with Crippen LogP contribution in [-0.4, -0.2) is 14.7 Å². The predicted octanol–water partition coefficient (Wildman–Crippen LogP) is 0.883. The fraction of sp³-hybridized carbons (Fsp3) is 0.500. The molecule has 0 atom stereocenters. The SMILES string of the molecule is Cn1ncc([N+](=O)[O-])c1C1(C#N)CC1. The van der Waals surface area contributed by atoms with Crippen LogP contribution in [0.15, 0.2) is 6.20 Å². The van der Waals surface area contributed by atoms with E-state index in [-0.39, 0.29) is 5.69 Å². The molecule has 0 aliphatic heterocycles. The Labute approximate surface area is 79.9 Å². The Morgan fingerprint density at radius 2 is 2.43 bits per heavy atom. The Bertz CT molecular complexity index is 439. The molecule has 6 nitrogen and oxygen atoms in total. The summed E-state index contributed by atoms with van der Waals surface area (Å²) in [5.74, 6) is 0.